The van der Waals surface area contributed by atoms with E-state index in [1.165, 1.54) is 11.3 Å². The number of morpholine rings is 1. The van der Waals surface area contributed by atoms with Crippen molar-refractivity contribution in [3.63, 3.8) is 0 Å². The summed E-state index contributed by atoms with van der Waals surface area (Å²) in [4.78, 5) is 6.56. The minimum Gasteiger partial charge on any atom is -0.378 e. The number of hydrogen-bond acceptors (Lipinski definition) is 3. The Kier molecular flexibility index (Phi) is 6.65. The van der Waals surface area contributed by atoms with Crippen molar-refractivity contribution in [1.29, 1.82) is 0 Å². The van der Waals surface area contributed by atoms with Crippen molar-refractivity contribution >= 4 is 11.6 Å². The highest BCUT2D eigenvalue weighted by Gasteiger charge is 2.10. The van der Waals surface area contributed by atoms with Crippen LogP contribution in [0.4, 0.5) is 10.1 Å². The van der Waals surface area contributed by atoms with Gasteiger partial charge >= 0.3 is 0 Å². The van der Waals surface area contributed by atoms with Crippen molar-refractivity contribution in [3.05, 3.63) is 65.0 Å². The van der Waals surface area contributed by atoms with Gasteiger partial charge in [0.05, 0.1) is 13.2 Å². The third kappa shape index (κ3) is 5.44. The molecule has 3 rings (SSSR count). The Bertz CT molecular complexity index is 770. The quantitative estimate of drug-likeness (QED) is 0.628. The normalized spacial score (nSPS) is 14.9. The molecule has 27 heavy (non-hydrogen) atoms. The zero-order valence-corrected chi connectivity index (χ0v) is 16.0. The molecular weight excluding hydrogens is 343 g/mol. The topological polar surface area (TPSA) is 48.9 Å². The van der Waals surface area contributed by atoms with Gasteiger partial charge in [0.2, 0.25) is 0 Å². The predicted octanol–water partition coefficient (Wildman–Crippen LogP) is 2.84. The van der Waals surface area contributed by atoms with Crippen LogP contribution < -0.4 is 15.5 Å². The van der Waals surface area contributed by atoms with E-state index in [9.17, 15) is 4.39 Å². The fourth-order valence-electron chi connectivity index (χ4n) is 2.98. The molecule has 2 aromatic carbocycles. The average Bonchev–Trinajstić information content (AvgIpc) is 2.72. The summed E-state index contributed by atoms with van der Waals surface area (Å²) in [5.74, 6) is 0.505. The molecule has 0 aliphatic carbocycles. The van der Waals surface area contributed by atoms with E-state index in [0.29, 0.717) is 24.6 Å². The third-order valence-electron chi connectivity index (χ3n) is 4.69. The van der Waals surface area contributed by atoms with Gasteiger partial charge in [-0.15, -0.1) is 0 Å². The molecule has 2 aromatic rings. The highest BCUT2D eigenvalue weighted by Crippen LogP contribution is 2.16. The molecule has 0 aromatic heterocycles. The molecule has 0 radical (unpaired) electrons. The molecule has 5 nitrogen and oxygen atoms in total. The highest BCUT2D eigenvalue weighted by molar-refractivity contribution is 5.79. The Morgan fingerprint density at radius 2 is 1.67 bits per heavy atom. The van der Waals surface area contributed by atoms with Crippen molar-refractivity contribution in [3.8, 4) is 0 Å². The monoisotopic (exact) mass is 370 g/mol. The van der Waals surface area contributed by atoms with E-state index in [4.69, 9.17) is 4.74 Å². The van der Waals surface area contributed by atoms with E-state index in [-0.39, 0.29) is 5.82 Å². The number of hydrogen-bond donors (Lipinski definition) is 2. The van der Waals surface area contributed by atoms with Gasteiger partial charge in [-0.05, 0) is 41.8 Å². The fourth-order valence-corrected chi connectivity index (χ4v) is 2.98. The minimum absolute atomic E-state index is 0.183. The van der Waals surface area contributed by atoms with Gasteiger partial charge in [-0.2, -0.15) is 0 Å². The number of guanidine groups is 1. The highest BCUT2D eigenvalue weighted by atomic mass is 19.1. The van der Waals surface area contributed by atoms with E-state index >= 15 is 0 Å². The first-order valence-corrected chi connectivity index (χ1v) is 9.27. The summed E-state index contributed by atoms with van der Waals surface area (Å²) in [5, 5.41) is 6.51. The lowest BCUT2D eigenvalue weighted by molar-refractivity contribution is 0.122. The number of rotatable bonds is 5. The summed E-state index contributed by atoms with van der Waals surface area (Å²) in [7, 11) is 1.73. The number of nitrogens with zero attached hydrogens (tertiary/aromatic N) is 2. The summed E-state index contributed by atoms with van der Waals surface area (Å²) in [6.07, 6.45) is 0. The van der Waals surface area contributed by atoms with Gasteiger partial charge in [-0.25, -0.2) is 4.39 Å². The van der Waals surface area contributed by atoms with Crippen LogP contribution in [-0.4, -0.2) is 39.3 Å². The van der Waals surface area contributed by atoms with Crippen molar-refractivity contribution < 1.29 is 9.13 Å². The van der Waals surface area contributed by atoms with Crippen molar-refractivity contribution in [2.75, 3.05) is 38.3 Å². The van der Waals surface area contributed by atoms with Crippen LogP contribution in [0.25, 0.3) is 0 Å². The number of aryl methyl sites for hydroxylation is 1. The molecular formula is C21H27FN4O. The van der Waals surface area contributed by atoms with Crippen LogP contribution in [0, 0.1) is 12.7 Å². The van der Waals surface area contributed by atoms with Crippen LogP contribution in [0.2, 0.25) is 0 Å². The zero-order valence-electron chi connectivity index (χ0n) is 16.0. The minimum atomic E-state index is -0.183. The fraction of sp³-hybridized carbons (Fsp3) is 0.381. The summed E-state index contributed by atoms with van der Waals surface area (Å²) in [6.45, 7) is 6.41. The van der Waals surface area contributed by atoms with E-state index < -0.39 is 0 Å². The smallest absolute Gasteiger partial charge is 0.191 e. The Labute approximate surface area is 160 Å². The largest absolute Gasteiger partial charge is 0.378 e. The molecule has 1 aliphatic heterocycles. The second-order valence-corrected chi connectivity index (χ2v) is 6.63. The number of benzene rings is 2. The number of ether oxygens (including phenoxy) is 1. The van der Waals surface area contributed by atoms with Gasteiger partial charge in [0.25, 0.3) is 0 Å². The Morgan fingerprint density at radius 3 is 2.30 bits per heavy atom. The van der Waals surface area contributed by atoms with Crippen LogP contribution >= 0.6 is 0 Å². The first-order valence-electron chi connectivity index (χ1n) is 9.27. The zero-order chi connectivity index (χ0) is 19.1. The first-order chi connectivity index (χ1) is 13.2. The maximum absolute atomic E-state index is 13.6. The Morgan fingerprint density at radius 1 is 1.04 bits per heavy atom. The molecule has 6 heteroatoms. The van der Waals surface area contributed by atoms with E-state index in [0.717, 1.165) is 31.9 Å². The maximum atomic E-state index is 13.6. The van der Waals surface area contributed by atoms with Crippen molar-refractivity contribution in [2.45, 2.75) is 20.0 Å². The van der Waals surface area contributed by atoms with Gasteiger partial charge in [0.15, 0.2) is 5.96 Å². The molecule has 1 heterocycles. The second kappa shape index (κ2) is 9.37. The van der Waals surface area contributed by atoms with Crippen molar-refractivity contribution in [2.24, 2.45) is 4.99 Å². The number of nitrogens with one attached hydrogen (secondary N) is 2. The van der Waals surface area contributed by atoms with Crippen LogP contribution in [-0.2, 0) is 17.8 Å². The lowest BCUT2D eigenvalue weighted by Gasteiger charge is -2.28. The van der Waals surface area contributed by atoms with E-state index in [1.54, 1.807) is 26.1 Å². The lowest BCUT2D eigenvalue weighted by Crippen LogP contribution is -2.36. The number of halogens is 1. The van der Waals surface area contributed by atoms with Gasteiger partial charge in [0.1, 0.15) is 5.82 Å². The molecule has 0 atom stereocenters. The molecule has 0 amide bonds. The van der Waals surface area contributed by atoms with Crippen LogP contribution in [0.15, 0.2) is 47.5 Å². The average molecular weight is 370 g/mol. The molecule has 0 bridgehead atoms. The van der Waals surface area contributed by atoms with Gasteiger partial charge < -0.3 is 20.3 Å². The molecule has 1 aliphatic rings. The third-order valence-corrected chi connectivity index (χ3v) is 4.69. The molecule has 0 spiro atoms. The Hall–Kier alpha value is -2.60. The molecule has 0 saturated carbocycles. The van der Waals surface area contributed by atoms with E-state index in [1.807, 2.05) is 6.07 Å². The Balaban J connectivity index is 1.49. The number of anilines is 1. The molecule has 144 valence electrons. The maximum Gasteiger partial charge on any atom is 0.191 e. The second-order valence-electron chi connectivity index (χ2n) is 6.63. The van der Waals surface area contributed by atoms with E-state index in [2.05, 4.69) is 44.8 Å². The molecule has 2 N–H and O–H groups in total. The summed E-state index contributed by atoms with van der Waals surface area (Å²) >= 11 is 0. The first kappa shape index (κ1) is 19.2. The van der Waals surface area contributed by atoms with Gasteiger partial charge in [0, 0.05) is 38.9 Å². The van der Waals surface area contributed by atoms with Gasteiger partial charge in [-0.3, -0.25) is 4.99 Å². The predicted molar refractivity (Wildman–Crippen MR) is 108 cm³/mol. The summed E-state index contributed by atoms with van der Waals surface area (Å²) in [5.41, 5.74) is 3.94. The molecule has 0 unspecified atom stereocenters. The summed E-state index contributed by atoms with van der Waals surface area (Å²) in [6, 6.07) is 13.8. The SMILES string of the molecule is CN=C(NCc1ccc(N2CCOCC2)cc1)NCc1ccc(C)c(F)c1. The van der Waals surface area contributed by atoms with Crippen molar-refractivity contribution in [1.82, 2.24) is 10.6 Å². The summed E-state index contributed by atoms with van der Waals surface area (Å²) < 4.78 is 19.0. The lowest BCUT2D eigenvalue weighted by atomic mass is 10.1. The van der Waals surface area contributed by atoms with Gasteiger partial charge in [-0.1, -0.05) is 24.3 Å². The van der Waals surface area contributed by atoms with Crippen LogP contribution in [0.1, 0.15) is 16.7 Å². The molecule has 1 saturated heterocycles. The molecule has 1 fully saturated rings. The van der Waals surface area contributed by atoms with Crippen LogP contribution in [0.5, 0.6) is 0 Å². The number of aliphatic imine (C=N–C) groups is 1. The van der Waals surface area contributed by atoms with Crippen LogP contribution in [0.3, 0.4) is 0 Å². The standard InChI is InChI=1S/C21H27FN4O/c1-16-3-4-18(13-20(16)22)15-25-21(23-2)24-14-17-5-7-19(8-6-17)26-9-11-27-12-10-26/h3-8,13H,9-12,14-15H2,1-2H3,(H2,23,24,25).